The first kappa shape index (κ1) is 26.0. The van der Waals surface area contributed by atoms with Crippen molar-refractivity contribution < 1.29 is 0 Å². The molecule has 29 aromatic carbocycles. The molecule has 0 amide bonds. The second kappa shape index (κ2) is 5.86. The van der Waals surface area contributed by atoms with Crippen molar-refractivity contribution in [1.82, 2.24) is 0 Å². The van der Waals surface area contributed by atoms with Gasteiger partial charge in [-0.15, -0.1) is 11.3 Å². The Labute approximate surface area is 390 Å². The number of hydrogen-bond donors (Lipinski definition) is 0. The maximum absolute atomic E-state index is 2.52. The van der Waals surface area contributed by atoms with E-state index in [1.165, 1.54) is 4.70 Å². The Morgan fingerprint density at radius 1 is 0.225 bits per heavy atom. The van der Waals surface area contributed by atoms with Crippen LogP contribution in [-0.2, 0) is 23.7 Å². The predicted octanol–water partition coefficient (Wildman–Crippen LogP) is 19.3. The molecule has 0 N–H and O–H groups in total. The standard InChI is InChI=1S/C70H8S/c1-2-4-9-7(3-1)8-5-69-65-57-49-39-29-21-13-11-12-15-19-17(13)25-33-27(19)37-31-23(15)24-16(12)20-18-14(11)22(21)30-36-26(18)34-28(20)38-32(24)42-41(31)51-45(37)55-47(33)53(43(49)35(25)29)59(65)63(55)67-61(51)62-52(42)46(38)56-48(34)54-44(36)50(40(30)39)58(57)66(69)60(54)64(56)68(62)70(67,69)6-10(8)71-9/h1-4H,5-6H2. The lowest BCUT2D eigenvalue weighted by atomic mass is 9.44. The molecule has 294 valence electrons. The minimum Gasteiger partial charge on any atom is -0.140 e. The molecule has 5 aliphatic carbocycles. The van der Waals surface area contributed by atoms with Crippen molar-refractivity contribution in [2.75, 3.05) is 0 Å². The van der Waals surface area contributed by atoms with Crippen molar-refractivity contribution >= 4 is 312 Å². The molecule has 1 aromatic heterocycles. The van der Waals surface area contributed by atoms with Crippen molar-refractivity contribution in [3.05, 3.63) is 57.0 Å². The van der Waals surface area contributed by atoms with Crippen molar-refractivity contribution in [2.45, 2.75) is 23.7 Å². The number of rotatable bonds is 0. The molecule has 0 bridgehead atoms. The number of benzene rings is 19. The predicted molar refractivity (Wildman–Crippen MR) is 303 cm³/mol. The van der Waals surface area contributed by atoms with Gasteiger partial charge >= 0.3 is 0 Å². The van der Waals surface area contributed by atoms with Crippen LogP contribution >= 0.6 is 11.3 Å². The van der Waals surface area contributed by atoms with Gasteiger partial charge in [0.15, 0.2) is 0 Å². The van der Waals surface area contributed by atoms with E-state index in [0.29, 0.717) is 0 Å². The highest BCUT2D eigenvalue weighted by Gasteiger charge is 2.71. The Balaban J connectivity index is 1.16. The van der Waals surface area contributed by atoms with Crippen LogP contribution in [0.3, 0.4) is 0 Å². The lowest BCUT2D eigenvalue weighted by Crippen LogP contribution is -2.56. The van der Waals surface area contributed by atoms with Crippen LogP contribution < -0.4 is 0 Å². The minimum atomic E-state index is -0.199. The van der Waals surface area contributed by atoms with Crippen molar-refractivity contribution in [1.29, 1.82) is 0 Å². The Morgan fingerprint density at radius 3 is 0.662 bits per heavy atom. The van der Waals surface area contributed by atoms with Gasteiger partial charge < -0.3 is 0 Å². The summed E-state index contributed by atoms with van der Waals surface area (Å²) in [5.41, 5.74) is 8.56. The summed E-state index contributed by atoms with van der Waals surface area (Å²) in [5.74, 6) is 0. The summed E-state index contributed by atoms with van der Waals surface area (Å²) >= 11 is 2.17. The molecule has 0 nitrogen and oxygen atoms in total. The van der Waals surface area contributed by atoms with Gasteiger partial charge in [0.25, 0.3) is 0 Å². The van der Waals surface area contributed by atoms with Crippen LogP contribution in [0.2, 0.25) is 0 Å². The molecule has 0 aliphatic heterocycles. The quantitative estimate of drug-likeness (QED) is 0.133. The molecule has 30 aromatic rings. The van der Waals surface area contributed by atoms with Gasteiger partial charge in [0.05, 0.1) is 0 Å². The number of hydrogen-bond acceptors (Lipinski definition) is 1. The second-order valence-electron chi connectivity index (χ2n) is 26.4. The topological polar surface area (TPSA) is 0 Å². The van der Waals surface area contributed by atoms with E-state index in [2.05, 4.69) is 35.6 Å². The Hall–Kier alpha value is -8.36. The molecule has 1 heteroatoms. The van der Waals surface area contributed by atoms with Crippen molar-refractivity contribution in [3.8, 4) is 0 Å². The zero-order valence-corrected chi connectivity index (χ0v) is 36.9. The Bertz CT molecular complexity index is 7480. The van der Waals surface area contributed by atoms with Crippen LogP contribution in [0.15, 0.2) is 24.3 Å². The normalized spacial score (nSPS) is 22.4. The minimum absolute atomic E-state index is 0.188. The van der Waals surface area contributed by atoms with E-state index >= 15 is 0 Å². The third-order valence-corrected chi connectivity index (χ3v) is 27.5. The molecular weight excluding hydrogens is 873 g/mol. The van der Waals surface area contributed by atoms with Gasteiger partial charge in [-0.3, -0.25) is 0 Å². The molecule has 0 saturated carbocycles. The van der Waals surface area contributed by atoms with E-state index in [1.807, 2.05) is 22.3 Å². The molecule has 2 spiro atoms. The van der Waals surface area contributed by atoms with Gasteiger partial charge in [-0.05, 0) is 343 Å². The largest absolute Gasteiger partial charge is 0.140 e. The summed E-state index contributed by atoms with van der Waals surface area (Å²) in [4.78, 5) is 1.69. The van der Waals surface area contributed by atoms with E-state index in [1.54, 1.807) is 307 Å². The summed E-state index contributed by atoms with van der Waals surface area (Å²) < 4.78 is 1.50. The van der Waals surface area contributed by atoms with E-state index in [4.69, 9.17) is 0 Å². The van der Waals surface area contributed by atoms with Crippen molar-refractivity contribution in [2.24, 2.45) is 0 Å². The Kier molecular flexibility index (Phi) is 2.15. The Morgan fingerprint density at radius 2 is 0.423 bits per heavy atom. The maximum Gasteiger partial charge on any atom is 0.0417 e. The summed E-state index contributed by atoms with van der Waals surface area (Å²) in [6, 6.07) is 9.65. The molecule has 1 heterocycles. The monoisotopic (exact) mass is 880 g/mol. The van der Waals surface area contributed by atoms with E-state index in [-0.39, 0.29) is 10.8 Å². The summed E-state index contributed by atoms with van der Waals surface area (Å²) in [6.45, 7) is 0. The van der Waals surface area contributed by atoms with Gasteiger partial charge in [0.2, 0.25) is 0 Å². The van der Waals surface area contributed by atoms with E-state index in [9.17, 15) is 0 Å². The lowest BCUT2D eigenvalue weighted by Gasteiger charge is -2.57. The van der Waals surface area contributed by atoms with Crippen LogP contribution in [0.25, 0.3) is 301 Å². The van der Waals surface area contributed by atoms with Crippen LogP contribution in [0, 0.1) is 0 Å². The molecule has 0 atom stereocenters. The second-order valence-corrected chi connectivity index (χ2v) is 27.6. The molecule has 0 saturated heterocycles. The molecule has 71 heavy (non-hydrogen) atoms. The van der Waals surface area contributed by atoms with Gasteiger partial charge in [-0.1, -0.05) is 18.2 Å². The van der Waals surface area contributed by atoms with Gasteiger partial charge in [0, 0.05) is 20.4 Å². The van der Waals surface area contributed by atoms with Gasteiger partial charge in [-0.2, -0.15) is 0 Å². The fourth-order valence-corrected chi connectivity index (χ4v) is 27.5. The number of fused-ring (bicyclic) bond motifs is 3. The first-order valence-electron chi connectivity index (χ1n) is 26.6. The highest BCUT2D eigenvalue weighted by molar-refractivity contribution is 7.19. The fourth-order valence-electron chi connectivity index (χ4n) is 26.2. The molecule has 0 radical (unpaired) electrons. The van der Waals surface area contributed by atoms with Gasteiger partial charge in [0.1, 0.15) is 0 Å². The summed E-state index contributed by atoms with van der Waals surface area (Å²) in [5, 5.41) is 92.9. The fraction of sp³-hybridized carbons (Fsp3) is 0.0571. The molecule has 0 fully saturated rings. The van der Waals surface area contributed by atoms with Crippen LogP contribution in [0.1, 0.15) is 32.7 Å². The summed E-state index contributed by atoms with van der Waals surface area (Å²) in [6.07, 6.45) is 2.24. The molecule has 5 aliphatic rings. The highest BCUT2D eigenvalue weighted by atomic mass is 32.1. The van der Waals surface area contributed by atoms with Crippen molar-refractivity contribution in [3.63, 3.8) is 0 Å². The van der Waals surface area contributed by atoms with E-state index in [0.717, 1.165) is 12.8 Å². The third-order valence-electron chi connectivity index (χ3n) is 26.3. The molecule has 0 unspecified atom stereocenters. The first-order valence-corrected chi connectivity index (χ1v) is 27.5. The van der Waals surface area contributed by atoms with E-state index < -0.39 is 0 Å². The lowest BCUT2D eigenvalue weighted by molar-refractivity contribution is 0.302. The first-order chi connectivity index (χ1) is 35.4. The maximum atomic E-state index is 2.52. The zero-order chi connectivity index (χ0) is 41.7. The SMILES string of the molecule is c1ccc2c3c(sc2c1)CC12c4c5c6c7c8c9c(c%10c%11c1c1c4c4c%12c5c5c6c6c8c8c%13c9c9c%10c%10c%11c%11c1c1c4c4c%12c%12c5c5c6c8c6c8c%13c9c9c%10c%10c%11c1c1c4c4c%12c5c6c5c8c9c%10c1c45)C72C3. The smallest absolute Gasteiger partial charge is 0.0417 e. The van der Waals surface area contributed by atoms with Crippen LogP contribution in [-0.4, -0.2) is 0 Å². The molecule has 35 rings (SSSR count). The summed E-state index contributed by atoms with van der Waals surface area (Å²) in [7, 11) is 0. The third kappa shape index (κ3) is 1.39. The average molecular weight is 881 g/mol. The highest BCUT2D eigenvalue weighted by Crippen LogP contribution is 2.85. The number of thiophene rings is 1. The van der Waals surface area contributed by atoms with Gasteiger partial charge in [-0.25, -0.2) is 0 Å². The average Bonchev–Trinajstić information content (AvgIpc) is 4.24. The zero-order valence-electron chi connectivity index (χ0n) is 36.1. The van der Waals surface area contributed by atoms with Crippen LogP contribution in [0.4, 0.5) is 0 Å². The van der Waals surface area contributed by atoms with Crippen LogP contribution in [0.5, 0.6) is 0 Å². The molecular formula is C70H8S.